The first kappa shape index (κ1) is 11.1. The van der Waals surface area contributed by atoms with E-state index < -0.39 is 0 Å². The minimum atomic E-state index is 0.797. The molecule has 0 amide bonds. The molecule has 0 aliphatic carbocycles. The lowest BCUT2D eigenvalue weighted by Gasteiger charge is -2.04. The van der Waals surface area contributed by atoms with Crippen LogP contribution in [0.3, 0.4) is 0 Å². The second-order valence-electron chi connectivity index (χ2n) is 4.08. The molecule has 2 heteroatoms. The Labute approximate surface area is 99.8 Å². The van der Waals surface area contributed by atoms with Crippen LogP contribution in [0, 0.1) is 20.8 Å². The summed E-state index contributed by atoms with van der Waals surface area (Å²) in [4.78, 5) is 12.7. The third-order valence-corrected chi connectivity index (χ3v) is 4.03. The molecule has 16 heavy (non-hydrogen) atoms. The van der Waals surface area contributed by atoms with Crippen LogP contribution in [0.15, 0.2) is 24.3 Å². The summed E-state index contributed by atoms with van der Waals surface area (Å²) in [6.45, 7) is 6.27. The predicted octanol–water partition coefficient (Wildman–Crippen LogP) is 4.15. The fraction of sp³-hybridized carbons (Fsp3) is 0.214. The molecule has 0 aliphatic heterocycles. The highest BCUT2D eigenvalue weighted by Crippen LogP contribution is 2.32. The molecule has 0 saturated carbocycles. The van der Waals surface area contributed by atoms with E-state index in [0.717, 1.165) is 11.2 Å². The molecular weight excluding hydrogens is 216 g/mol. The van der Waals surface area contributed by atoms with Crippen molar-refractivity contribution in [2.45, 2.75) is 20.8 Å². The first-order valence-corrected chi connectivity index (χ1v) is 6.06. The Morgan fingerprint density at radius 1 is 1.00 bits per heavy atom. The highest BCUT2D eigenvalue weighted by atomic mass is 32.1. The van der Waals surface area contributed by atoms with Crippen molar-refractivity contribution in [1.29, 1.82) is 0 Å². The van der Waals surface area contributed by atoms with E-state index in [9.17, 15) is 4.79 Å². The van der Waals surface area contributed by atoms with Crippen LogP contribution in [0.25, 0.3) is 10.4 Å². The topological polar surface area (TPSA) is 17.1 Å². The van der Waals surface area contributed by atoms with E-state index in [1.165, 1.54) is 27.1 Å². The molecule has 1 nitrogen and oxygen atoms in total. The number of rotatable bonds is 2. The van der Waals surface area contributed by atoms with Crippen LogP contribution in [0.5, 0.6) is 0 Å². The van der Waals surface area contributed by atoms with Gasteiger partial charge in [-0.2, -0.15) is 0 Å². The molecule has 1 aromatic heterocycles. The number of thiophene rings is 1. The van der Waals surface area contributed by atoms with E-state index in [-0.39, 0.29) is 0 Å². The molecule has 0 saturated heterocycles. The van der Waals surface area contributed by atoms with E-state index in [0.29, 0.717) is 0 Å². The molecule has 0 N–H and O–H groups in total. The van der Waals surface area contributed by atoms with Gasteiger partial charge in [-0.05, 0) is 49.1 Å². The Kier molecular flexibility index (Phi) is 2.92. The Balaban J connectivity index is 2.53. The van der Waals surface area contributed by atoms with Gasteiger partial charge in [-0.25, -0.2) is 0 Å². The van der Waals surface area contributed by atoms with Gasteiger partial charge in [0.25, 0.3) is 0 Å². The van der Waals surface area contributed by atoms with E-state index in [2.05, 4.69) is 32.0 Å². The second kappa shape index (κ2) is 4.22. The van der Waals surface area contributed by atoms with Gasteiger partial charge in [0.2, 0.25) is 0 Å². The Hall–Kier alpha value is -1.41. The fourth-order valence-corrected chi connectivity index (χ4v) is 2.72. The summed E-state index contributed by atoms with van der Waals surface area (Å²) >= 11 is 1.56. The van der Waals surface area contributed by atoms with Crippen LogP contribution in [-0.2, 0) is 0 Å². The maximum absolute atomic E-state index is 10.7. The lowest BCUT2D eigenvalue weighted by Crippen LogP contribution is -1.82. The molecule has 0 radical (unpaired) electrons. The van der Waals surface area contributed by atoms with Gasteiger partial charge in [0.15, 0.2) is 6.29 Å². The second-order valence-corrected chi connectivity index (χ2v) is 5.16. The lowest BCUT2D eigenvalue weighted by molar-refractivity contribution is 0.112. The number of carbonyl (C=O) groups excluding carboxylic acids is 1. The van der Waals surface area contributed by atoms with Crippen molar-refractivity contribution < 1.29 is 4.79 Å². The number of carbonyl (C=O) groups is 1. The summed E-state index contributed by atoms with van der Waals surface area (Å²) in [5.41, 5.74) is 4.97. The maximum atomic E-state index is 10.7. The van der Waals surface area contributed by atoms with Gasteiger partial charge in [-0.3, -0.25) is 4.79 Å². The quantitative estimate of drug-likeness (QED) is 0.708. The molecule has 0 fully saturated rings. The molecule has 82 valence electrons. The number of aldehydes is 1. The highest BCUT2D eigenvalue weighted by Gasteiger charge is 2.07. The van der Waals surface area contributed by atoms with Crippen LogP contribution < -0.4 is 0 Å². The Morgan fingerprint density at radius 3 is 2.31 bits per heavy atom. The summed E-state index contributed by atoms with van der Waals surface area (Å²) < 4.78 is 0. The van der Waals surface area contributed by atoms with E-state index in [1.54, 1.807) is 11.3 Å². The third-order valence-electron chi connectivity index (χ3n) is 2.82. The van der Waals surface area contributed by atoms with E-state index in [4.69, 9.17) is 0 Å². The van der Waals surface area contributed by atoms with Crippen molar-refractivity contribution >= 4 is 17.6 Å². The third kappa shape index (κ3) is 1.93. The number of hydrogen-bond acceptors (Lipinski definition) is 2. The normalized spacial score (nSPS) is 10.4. The standard InChI is InChI=1S/C14H14OS/c1-9-4-5-12(6-10(9)2)14-11(3)7-13(8-15)16-14/h4-8H,1-3H3. The zero-order valence-electron chi connectivity index (χ0n) is 9.70. The number of benzene rings is 1. The minimum Gasteiger partial charge on any atom is -0.297 e. The van der Waals surface area contributed by atoms with Gasteiger partial charge >= 0.3 is 0 Å². The predicted molar refractivity (Wildman–Crippen MR) is 69.4 cm³/mol. The molecule has 0 spiro atoms. The largest absolute Gasteiger partial charge is 0.297 e. The zero-order chi connectivity index (χ0) is 11.7. The number of hydrogen-bond donors (Lipinski definition) is 0. The molecule has 1 heterocycles. The van der Waals surface area contributed by atoms with Crippen molar-refractivity contribution in [2.24, 2.45) is 0 Å². The van der Waals surface area contributed by atoms with Gasteiger partial charge < -0.3 is 0 Å². The van der Waals surface area contributed by atoms with Crippen LogP contribution in [0.4, 0.5) is 0 Å². The van der Waals surface area contributed by atoms with Crippen LogP contribution in [-0.4, -0.2) is 6.29 Å². The SMILES string of the molecule is Cc1ccc(-c2sc(C=O)cc2C)cc1C. The summed E-state index contributed by atoms with van der Waals surface area (Å²) in [7, 11) is 0. The van der Waals surface area contributed by atoms with Crippen molar-refractivity contribution in [2.75, 3.05) is 0 Å². The smallest absolute Gasteiger partial charge is 0.160 e. The first-order chi connectivity index (χ1) is 7.61. The highest BCUT2D eigenvalue weighted by molar-refractivity contribution is 7.17. The van der Waals surface area contributed by atoms with Crippen molar-refractivity contribution in [3.05, 3.63) is 45.8 Å². The molecule has 0 bridgehead atoms. The maximum Gasteiger partial charge on any atom is 0.160 e. The van der Waals surface area contributed by atoms with Crippen LogP contribution >= 0.6 is 11.3 Å². The summed E-state index contributed by atoms with van der Waals surface area (Å²) in [5, 5.41) is 0. The van der Waals surface area contributed by atoms with Crippen molar-refractivity contribution in [3.8, 4) is 10.4 Å². The molecule has 0 unspecified atom stereocenters. The van der Waals surface area contributed by atoms with Gasteiger partial charge in [0.1, 0.15) is 0 Å². The van der Waals surface area contributed by atoms with Crippen LogP contribution in [0.1, 0.15) is 26.4 Å². The monoisotopic (exact) mass is 230 g/mol. The molecule has 0 aliphatic rings. The Bertz CT molecular complexity index is 538. The van der Waals surface area contributed by atoms with Gasteiger partial charge in [0, 0.05) is 4.88 Å². The van der Waals surface area contributed by atoms with Crippen molar-refractivity contribution in [1.82, 2.24) is 0 Å². The van der Waals surface area contributed by atoms with Gasteiger partial charge in [-0.15, -0.1) is 11.3 Å². The summed E-state index contributed by atoms with van der Waals surface area (Å²) in [6, 6.07) is 8.38. The van der Waals surface area contributed by atoms with Crippen molar-refractivity contribution in [3.63, 3.8) is 0 Å². The minimum absolute atomic E-state index is 0.797. The average molecular weight is 230 g/mol. The van der Waals surface area contributed by atoms with Crippen LogP contribution in [0.2, 0.25) is 0 Å². The van der Waals surface area contributed by atoms with Gasteiger partial charge in [-0.1, -0.05) is 18.2 Å². The van der Waals surface area contributed by atoms with E-state index >= 15 is 0 Å². The Morgan fingerprint density at radius 2 is 1.75 bits per heavy atom. The zero-order valence-corrected chi connectivity index (χ0v) is 10.5. The molecule has 1 aromatic carbocycles. The first-order valence-electron chi connectivity index (χ1n) is 5.25. The lowest BCUT2D eigenvalue weighted by atomic mass is 10.0. The summed E-state index contributed by atoms with van der Waals surface area (Å²) in [5.74, 6) is 0. The molecule has 2 aromatic rings. The number of aryl methyl sites for hydroxylation is 3. The summed E-state index contributed by atoms with van der Waals surface area (Å²) in [6.07, 6.45) is 0.919. The molecular formula is C14H14OS. The molecule has 0 atom stereocenters. The van der Waals surface area contributed by atoms with E-state index in [1.807, 2.05) is 13.0 Å². The fourth-order valence-electron chi connectivity index (χ4n) is 1.73. The van der Waals surface area contributed by atoms with Gasteiger partial charge in [0.05, 0.1) is 4.88 Å². The molecule has 2 rings (SSSR count). The average Bonchev–Trinajstić information content (AvgIpc) is 2.64.